The van der Waals surface area contributed by atoms with Gasteiger partial charge in [-0.25, -0.2) is 10.9 Å². The first kappa shape index (κ1) is 8.87. The third kappa shape index (κ3) is 2.71. The maximum Gasteiger partial charge on any atom is 0.305 e. The summed E-state index contributed by atoms with van der Waals surface area (Å²) >= 11 is 3.35. The number of rotatable bonds is 3. The minimum atomic E-state index is -0.747. The Balaban J connectivity index is 2.41. The highest BCUT2D eigenvalue weighted by Gasteiger charge is 2.14. The summed E-state index contributed by atoms with van der Waals surface area (Å²) in [6, 6.07) is 0. The van der Waals surface area contributed by atoms with E-state index in [9.17, 15) is 4.79 Å². The van der Waals surface area contributed by atoms with Gasteiger partial charge in [-0.2, -0.15) is 0 Å². The Morgan fingerprint density at radius 1 is 1.55 bits per heavy atom. The van der Waals surface area contributed by atoms with Crippen LogP contribution in [-0.2, 0) is 4.79 Å². The van der Waals surface area contributed by atoms with Crippen molar-refractivity contribution >= 4 is 32.8 Å². The smallest absolute Gasteiger partial charge is 0.305 e. The van der Waals surface area contributed by atoms with E-state index in [1.807, 2.05) is 12.2 Å². The van der Waals surface area contributed by atoms with Gasteiger partial charge in [0.15, 0.2) is 0 Å². The normalized spacial score (nSPS) is 20.6. The first-order valence-electron chi connectivity index (χ1n) is 3.18. The molecule has 11 heavy (non-hydrogen) atoms. The number of carbonyl (C=O) groups is 1. The molecule has 2 nitrogen and oxygen atoms in total. The quantitative estimate of drug-likeness (QED) is 0.583. The van der Waals surface area contributed by atoms with Crippen LogP contribution in [0, 0.1) is 0 Å². The summed E-state index contributed by atoms with van der Waals surface area (Å²) in [6.45, 7) is 0. The number of thiol groups is 1. The van der Waals surface area contributed by atoms with Gasteiger partial charge < -0.3 is 5.11 Å². The number of halogens is 1. The van der Waals surface area contributed by atoms with E-state index in [-0.39, 0.29) is 21.5 Å². The number of alkyl halides is 1. The Kier molecular flexibility index (Phi) is 3.20. The van der Waals surface area contributed by atoms with Crippen molar-refractivity contribution in [1.82, 2.24) is 0 Å². The van der Waals surface area contributed by atoms with Crippen LogP contribution in [0.1, 0.15) is 6.42 Å². The van der Waals surface area contributed by atoms with Crippen molar-refractivity contribution in [2.24, 2.45) is 0 Å². The van der Waals surface area contributed by atoms with Crippen molar-refractivity contribution in [3.8, 4) is 0 Å². The number of carboxylic acid groups (broad SMARTS) is 1. The highest BCUT2D eigenvalue weighted by Crippen LogP contribution is 2.42. The Labute approximate surface area is 76.5 Å². The van der Waals surface area contributed by atoms with Gasteiger partial charge in [0, 0.05) is 0 Å². The summed E-state index contributed by atoms with van der Waals surface area (Å²) in [5.41, 5.74) is 0. The molecule has 0 radical (unpaired) electrons. The molecule has 0 saturated heterocycles. The van der Waals surface area contributed by atoms with E-state index in [1.54, 1.807) is 0 Å². The second-order valence-electron chi connectivity index (χ2n) is 2.16. The van der Waals surface area contributed by atoms with Crippen LogP contribution in [-0.4, -0.2) is 15.2 Å². The molecule has 0 spiro atoms. The van der Waals surface area contributed by atoms with E-state index < -0.39 is 5.97 Å². The van der Waals surface area contributed by atoms with Gasteiger partial charge in [-0.1, -0.05) is 28.1 Å². The Morgan fingerprint density at radius 2 is 2.09 bits per heavy atom. The van der Waals surface area contributed by atoms with Crippen molar-refractivity contribution < 1.29 is 9.90 Å². The zero-order chi connectivity index (χ0) is 8.27. The van der Waals surface area contributed by atoms with Crippen molar-refractivity contribution in [1.29, 1.82) is 0 Å². The van der Waals surface area contributed by atoms with E-state index in [0.717, 1.165) is 0 Å². The van der Waals surface area contributed by atoms with Crippen LogP contribution < -0.4 is 0 Å². The maximum absolute atomic E-state index is 10.3. The van der Waals surface area contributed by atoms with Crippen molar-refractivity contribution in [3.05, 3.63) is 23.0 Å². The largest absolute Gasteiger partial charge is 0.481 e. The summed E-state index contributed by atoms with van der Waals surface area (Å²) in [7, 11) is -0.364. The second kappa shape index (κ2) is 3.97. The Morgan fingerprint density at radius 3 is 2.55 bits per heavy atom. The number of allylic oxidation sites excluding steroid dienone is 2. The average Bonchev–Trinajstić information content (AvgIpc) is 2.35. The van der Waals surface area contributed by atoms with Crippen LogP contribution in [0.15, 0.2) is 23.0 Å². The summed E-state index contributed by atoms with van der Waals surface area (Å²) in [5, 5.41) is 12.6. The number of carboxylic acids is 1. The van der Waals surface area contributed by atoms with Crippen LogP contribution in [0.3, 0.4) is 0 Å². The minimum absolute atomic E-state index is 0.0880. The molecule has 1 rings (SSSR count). The van der Waals surface area contributed by atoms with Gasteiger partial charge in [-0.05, 0) is 10.8 Å². The highest BCUT2D eigenvalue weighted by molar-refractivity contribution is 9.11. The molecule has 0 aromatic heterocycles. The van der Waals surface area contributed by atoms with Crippen molar-refractivity contribution in [3.63, 3.8) is 0 Å². The van der Waals surface area contributed by atoms with Crippen molar-refractivity contribution in [2.45, 2.75) is 10.6 Å². The maximum atomic E-state index is 10.3. The minimum Gasteiger partial charge on any atom is -0.481 e. The molecule has 1 aliphatic rings. The molecule has 62 valence electrons. The molecule has 0 fully saturated rings. The van der Waals surface area contributed by atoms with E-state index in [0.29, 0.717) is 0 Å². The predicted molar refractivity (Wildman–Crippen MR) is 52.2 cm³/mol. The highest BCUT2D eigenvalue weighted by atomic mass is 79.9. The van der Waals surface area contributed by atoms with Crippen LogP contribution in [0.25, 0.3) is 0 Å². The fraction of sp³-hybridized carbons (Fsp3) is 0.286. The lowest BCUT2D eigenvalue weighted by molar-refractivity contribution is -0.136. The lowest BCUT2D eigenvalue weighted by Gasteiger charge is -2.15. The molecule has 1 unspecified atom stereocenters. The van der Waals surface area contributed by atoms with E-state index in [1.165, 1.54) is 0 Å². The number of hydrogen-bond donors (Lipinski definition) is 2. The molecule has 0 saturated carbocycles. The monoisotopic (exact) mass is 236 g/mol. The molecular weight excluding hydrogens is 228 g/mol. The third-order valence-electron chi connectivity index (χ3n) is 1.29. The molecule has 0 aromatic carbocycles. The van der Waals surface area contributed by atoms with Gasteiger partial charge in [-0.15, -0.1) is 0 Å². The predicted octanol–water partition coefficient (Wildman–Crippen LogP) is 2.22. The van der Waals surface area contributed by atoms with Gasteiger partial charge in [0.2, 0.25) is 0 Å². The van der Waals surface area contributed by atoms with Gasteiger partial charge in [-0.3, -0.25) is 4.79 Å². The van der Waals surface area contributed by atoms with Gasteiger partial charge >= 0.3 is 5.97 Å². The zero-order valence-corrected chi connectivity index (χ0v) is 8.25. The summed E-state index contributed by atoms with van der Waals surface area (Å²) in [6.07, 6.45) is 4.12. The van der Waals surface area contributed by atoms with Crippen LogP contribution in [0.4, 0.5) is 0 Å². The number of aliphatic carboxylic acids is 1. The van der Waals surface area contributed by atoms with Gasteiger partial charge in [0.25, 0.3) is 0 Å². The molecule has 0 amide bonds. The van der Waals surface area contributed by atoms with E-state index in [2.05, 4.69) is 26.7 Å². The zero-order valence-electron chi connectivity index (χ0n) is 5.77. The lowest BCUT2D eigenvalue weighted by Crippen LogP contribution is -2.04. The SMILES string of the molecule is O=C(O)CC(Br)[SH]1C=CC=C1. The molecule has 1 aliphatic heterocycles. The summed E-state index contributed by atoms with van der Waals surface area (Å²) < 4.78 is 0.0880. The second-order valence-corrected chi connectivity index (χ2v) is 6.09. The number of hydrogen-bond acceptors (Lipinski definition) is 1. The van der Waals surface area contributed by atoms with Gasteiger partial charge in [0.1, 0.15) is 0 Å². The molecule has 0 aliphatic carbocycles. The van der Waals surface area contributed by atoms with Crippen LogP contribution in [0.2, 0.25) is 0 Å². The van der Waals surface area contributed by atoms with Crippen LogP contribution >= 0.6 is 26.8 Å². The first-order chi connectivity index (χ1) is 5.20. The fourth-order valence-electron chi connectivity index (χ4n) is 0.784. The van der Waals surface area contributed by atoms with Gasteiger partial charge in [0.05, 0.1) is 10.6 Å². The molecule has 0 aromatic rings. The molecule has 1 heterocycles. The molecule has 4 heteroatoms. The topological polar surface area (TPSA) is 37.3 Å². The lowest BCUT2D eigenvalue weighted by atomic mass is 10.5. The standard InChI is InChI=1S/C7H9BrO2S/c8-6(5-7(9)10)11-3-1-2-4-11/h1-4,6,11H,5H2,(H,9,10). The Bertz CT molecular complexity index is 200. The molecule has 0 bridgehead atoms. The molecular formula is C7H9BrO2S. The summed E-state index contributed by atoms with van der Waals surface area (Å²) in [4.78, 5) is 10.3. The summed E-state index contributed by atoms with van der Waals surface area (Å²) in [5.74, 6) is -0.747. The van der Waals surface area contributed by atoms with Crippen LogP contribution in [0.5, 0.6) is 0 Å². The third-order valence-corrected chi connectivity index (χ3v) is 4.90. The average molecular weight is 237 g/mol. The fourth-order valence-corrected chi connectivity index (χ4v) is 3.32. The molecule has 1 atom stereocenters. The molecule has 1 N–H and O–H groups in total. The van der Waals surface area contributed by atoms with E-state index in [4.69, 9.17) is 5.11 Å². The van der Waals surface area contributed by atoms with Crippen molar-refractivity contribution in [2.75, 3.05) is 0 Å². The Hall–Kier alpha value is -0.220. The first-order valence-corrected chi connectivity index (χ1v) is 5.65. The van der Waals surface area contributed by atoms with E-state index >= 15 is 0 Å².